The van der Waals surface area contributed by atoms with Crippen molar-refractivity contribution in [3.05, 3.63) is 47.9 Å². The highest BCUT2D eigenvalue weighted by atomic mass is 16.2. The van der Waals surface area contributed by atoms with Gasteiger partial charge in [0.1, 0.15) is 5.69 Å². The normalized spacial score (nSPS) is 11.1. The molecule has 0 bridgehead atoms. The molecule has 2 aromatic heterocycles. The van der Waals surface area contributed by atoms with Crippen molar-refractivity contribution in [2.24, 2.45) is 0 Å². The number of nitrogens with one attached hydrogen (secondary N) is 1. The summed E-state index contributed by atoms with van der Waals surface area (Å²) in [6, 6.07) is 8.08. The number of rotatable bonds is 7. The van der Waals surface area contributed by atoms with Crippen LogP contribution in [0.2, 0.25) is 0 Å². The summed E-state index contributed by atoms with van der Waals surface area (Å²) in [4.78, 5) is 12.2. The van der Waals surface area contributed by atoms with Crippen LogP contribution in [0, 0.1) is 6.92 Å². The first-order valence-corrected chi connectivity index (χ1v) is 8.41. The Morgan fingerprint density at radius 3 is 2.88 bits per heavy atom. The Bertz CT molecular complexity index is 833. The summed E-state index contributed by atoms with van der Waals surface area (Å²) in [6.07, 6.45) is 5.34. The van der Waals surface area contributed by atoms with Crippen LogP contribution in [0.1, 0.15) is 35.8 Å². The predicted molar refractivity (Wildman–Crippen MR) is 93.9 cm³/mol. The molecule has 6 nitrogen and oxygen atoms in total. The van der Waals surface area contributed by atoms with E-state index in [-0.39, 0.29) is 5.91 Å². The lowest BCUT2D eigenvalue weighted by molar-refractivity contribution is 0.0941. The standard InChI is InChI=1S/C18H23N5O/c1-3-10-22-16(7-9-20-22)18(24)19-8-4-11-23-17-12-14(2)5-6-15(17)13-21-23/h5-7,9,12-13H,3-4,8,10-11H2,1-2H3,(H,19,24). The van der Waals surface area contributed by atoms with Gasteiger partial charge in [0.05, 0.1) is 11.7 Å². The molecule has 0 aliphatic rings. The number of aryl methyl sites for hydroxylation is 3. The molecule has 126 valence electrons. The minimum absolute atomic E-state index is 0.0675. The number of fused-ring (bicyclic) bond motifs is 1. The molecule has 0 unspecified atom stereocenters. The predicted octanol–water partition coefficient (Wildman–Crippen LogP) is 2.77. The van der Waals surface area contributed by atoms with Gasteiger partial charge in [-0.1, -0.05) is 19.1 Å². The van der Waals surface area contributed by atoms with Crippen molar-refractivity contribution in [3.8, 4) is 0 Å². The molecule has 24 heavy (non-hydrogen) atoms. The molecule has 0 radical (unpaired) electrons. The summed E-state index contributed by atoms with van der Waals surface area (Å²) in [7, 11) is 0. The van der Waals surface area contributed by atoms with Crippen molar-refractivity contribution in [3.63, 3.8) is 0 Å². The topological polar surface area (TPSA) is 64.7 Å². The molecule has 1 N–H and O–H groups in total. The van der Waals surface area contributed by atoms with Gasteiger partial charge < -0.3 is 5.32 Å². The van der Waals surface area contributed by atoms with Crippen molar-refractivity contribution >= 4 is 16.8 Å². The largest absolute Gasteiger partial charge is 0.351 e. The van der Waals surface area contributed by atoms with Gasteiger partial charge in [0, 0.05) is 31.2 Å². The lowest BCUT2D eigenvalue weighted by Crippen LogP contribution is -2.27. The van der Waals surface area contributed by atoms with Gasteiger partial charge in [0.25, 0.3) is 5.91 Å². The van der Waals surface area contributed by atoms with E-state index >= 15 is 0 Å². The third kappa shape index (κ3) is 3.48. The summed E-state index contributed by atoms with van der Waals surface area (Å²) in [5.41, 5.74) is 2.99. The lowest BCUT2D eigenvalue weighted by Gasteiger charge is -2.08. The molecular weight excluding hydrogens is 302 g/mol. The molecule has 0 fully saturated rings. The average molecular weight is 325 g/mol. The van der Waals surface area contributed by atoms with Gasteiger partial charge >= 0.3 is 0 Å². The van der Waals surface area contributed by atoms with E-state index in [1.807, 2.05) is 10.9 Å². The highest BCUT2D eigenvalue weighted by molar-refractivity contribution is 5.92. The molecule has 0 aliphatic heterocycles. The number of amides is 1. The number of carbonyl (C=O) groups is 1. The monoisotopic (exact) mass is 325 g/mol. The van der Waals surface area contributed by atoms with Gasteiger partial charge in [-0.15, -0.1) is 0 Å². The average Bonchev–Trinajstić information content (AvgIpc) is 3.19. The summed E-state index contributed by atoms with van der Waals surface area (Å²) >= 11 is 0. The van der Waals surface area contributed by atoms with Crippen LogP contribution < -0.4 is 5.32 Å². The fraction of sp³-hybridized carbons (Fsp3) is 0.389. The molecular formula is C18H23N5O. The quantitative estimate of drug-likeness (QED) is 0.679. The number of hydrogen-bond acceptors (Lipinski definition) is 3. The van der Waals surface area contributed by atoms with Crippen molar-refractivity contribution < 1.29 is 4.79 Å². The van der Waals surface area contributed by atoms with Gasteiger partial charge in [-0.3, -0.25) is 14.2 Å². The second kappa shape index (κ2) is 7.29. The molecule has 2 heterocycles. The number of benzene rings is 1. The molecule has 1 amide bonds. The number of hydrogen-bond donors (Lipinski definition) is 1. The Morgan fingerprint density at radius 1 is 1.17 bits per heavy atom. The zero-order valence-electron chi connectivity index (χ0n) is 14.2. The first kappa shape index (κ1) is 16.2. The summed E-state index contributed by atoms with van der Waals surface area (Å²) in [5.74, 6) is -0.0675. The second-order valence-electron chi connectivity index (χ2n) is 5.98. The highest BCUT2D eigenvalue weighted by Gasteiger charge is 2.10. The first-order chi connectivity index (χ1) is 11.7. The molecule has 0 saturated heterocycles. The van der Waals surface area contributed by atoms with Gasteiger partial charge in [-0.05, 0) is 37.5 Å². The molecule has 1 aromatic carbocycles. The first-order valence-electron chi connectivity index (χ1n) is 8.41. The van der Waals surface area contributed by atoms with E-state index in [4.69, 9.17) is 0 Å². The van der Waals surface area contributed by atoms with Gasteiger partial charge in [-0.25, -0.2) is 0 Å². The van der Waals surface area contributed by atoms with Crippen LogP contribution in [-0.2, 0) is 13.1 Å². The summed E-state index contributed by atoms with van der Waals surface area (Å²) in [6.45, 7) is 6.30. The number of carbonyl (C=O) groups excluding carboxylic acids is 1. The highest BCUT2D eigenvalue weighted by Crippen LogP contribution is 2.15. The van der Waals surface area contributed by atoms with Gasteiger partial charge in [0.15, 0.2) is 0 Å². The maximum atomic E-state index is 12.2. The zero-order valence-corrected chi connectivity index (χ0v) is 14.2. The molecule has 3 aromatic rings. The summed E-state index contributed by atoms with van der Waals surface area (Å²) < 4.78 is 3.74. The smallest absolute Gasteiger partial charge is 0.269 e. The van der Waals surface area contributed by atoms with Crippen LogP contribution in [0.15, 0.2) is 36.7 Å². The fourth-order valence-corrected chi connectivity index (χ4v) is 2.80. The third-order valence-corrected chi connectivity index (χ3v) is 4.02. The van der Waals surface area contributed by atoms with Crippen LogP contribution >= 0.6 is 0 Å². The Balaban J connectivity index is 1.54. The van der Waals surface area contributed by atoms with Gasteiger partial charge in [-0.2, -0.15) is 10.2 Å². The minimum Gasteiger partial charge on any atom is -0.351 e. The van der Waals surface area contributed by atoms with E-state index in [1.54, 1.807) is 16.9 Å². The van der Waals surface area contributed by atoms with E-state index in [9.17, 15) is 4.79 Å². The Labute approximate surface area is 141 Å². The SMILES string of the molecule is CCCn1nccc1C(=O)NCCCn1ncc2ccc(C)cc21. The van der Waals surface area contributed by atoms with Crippen molar-refractivity contribution in [2.45, 2.75) is 39.8 Å². The number of aromatic nitrogens is 4. The van der Waals surface area contributed by atoms with Crippen LogP contribution in [0.5, 0.6) is 0 Å². The number of nitrogens with zero attached hydrogens (tertiary/aromatic N) is 4. The maximum absolute atomic E-state index is 12.2. The van der Waals surface area contributed by atoms with Crippen LogP contribution in [0.25, 0.3) is 10.9 Å². The maximum Gasteiger partial charge on any atom is 0.269 e. The molecule has 6 heteroatoms. The molecule has 0 saturated carbocycles. The van der Waals surface area contributed by atoms with Crippen LogP contribution in [-0.4, -0.2) is 32.0 Å². The molecule has 0 aliphatic carbocycles. The van der Waals surface area contributed by atoms with E-state index < -0.39 is 0 Å². The molecule has 0 spiro atoms. The summed E-state index contributed by atoms with van der Waals surface area (Å²) in [5, 5.41) is 12.7. The zero-order chi connectivity index (χ0) is 16.9. The van der Waals surface area contributed by atoms with Crippen molar-refractivity contribution in [1.82, 2.24) is 24.9 Å². The second-order valence-corrected chi connectivity index (χ2v) is 5.98. The molecule has 0 atom stereocenters. The fourth-order valence-electron chi connectivity index (χ4n) is 2.80. The van der Waals surface area contributed by atoms with Crippen LogP contribution in [0.4, 0.5) is 0 Å². The van der Waals surface area contributed by atoms with Crippen molar-refractivity contribution in [2.75, 3.05) is 6.54 Å². The van der Waals surface area contributed by atoms with Crippen molar-refractivity contribution in [1.29, 1.82) is 0 Å². The molecule has 3 rings (SSSR count). The third-order valence-electron chi connectivity index (χ3n) is 4.02. The Kier molecular flexibility index (Phi) is 4.93. The van der Waals surface area contributed by atoms with E-state index in [1.165, 1.54) is 5.56 Å². The Morgan fingerprint density at radius 2 is 2.04 bits per heavy atom. The van der Waals surface area contributed by atoms with Gasteiger partial charge in [0.2, 0.25) is 0 Å². The van der Waals surface area contributed by atoms with Crippen LogP contribution in [0.3, 0.4) is 0 Å². The Hall–Kier alpha value is -2.63. The van der Waals surface area contributed by atoms with E-state index in [0.717, 1.165) is 36.8 Å². The lowest BCUT2D eigenvalue weighted by atomic mass is 10.2. The van der Waals surface area contributed by atoms with E-state index in [2.05, 4.69) is 47.6 Å². The minimum atomic E-state index is -0.0675. The van der Waals surface area contributed by atoms with E-state index in [0.29, 0.717) is 12.2 Å².